The van der Waals surface area contributed by atoms with E-state index in [0.29, 0.717) is 12.6 Å². The molecule has 2 unspecified atom stereocenters. The van der Waals surface area contributed by atoms with Crippen molar-refractivity contribution in [2.75, 3.05) is 6.54 Å². The third-order valence-electron chi connectivity index (χ3n) is 3.90. The first kappa shape index (κ1) is 11.2. The van der Waals surface area contributed by atoms with E-state index in [1.807, 2.05) is 12.3 Å². The van der Waals surface area contributed by atoms with Crippen LogP contribution < -0.4 is 5.32 Å². The van der Waals surface area contributed by atoms with E-state index in [1.165, 1.54) is 24.8 Å². The Hall–Kier alpha value is -0.930. The monoisotopic (exact) mass is 232 g/mol. The summed E-state index contributed by atoms with van der Waals surface area (Å²) in [6.07, 6.45) is 7.45. The normalized spacial score (nSPS) is 25.4. The lowest BCUT2D eigenvalue weighted by atomic mass is 9.83. The van der Waals surface area contributed by atoms with Crippen molar-refractivity contribution >= 4 is 0 Å². The van der Waals surface area contributed by atoms with Crippen LogP contribution in [-0.2, 0) is 6.42 Å². The SMILES string of the molecule is OC(CNC1CC1)C1CCCc2cccnc21. The predicted molar refractivity (Wildman–Crippen MR) is 66.9 cm³/mol. The van der Waals surface area contributed by atoms with Crippen molar-refractivity contribution in [1.82, 2.24) is 10.3 Å². The van der Waals surface area contributed by atoms with Crippen LogP contribution in [0.4, 0.5) is 0 Å². The molecule has 2 N–H and O–H groups in total. The largest absolute Gasteiger partial charge is 0.391 e. The van der Waals surface area contributed by atoms with Crippen molar-refractivity contribution < 1.29 is 5.11 Å². The lowest BCUT2D eigenvalue weighted by molar-refractivity contribution is 0.130. The molecule has 0 aromatic carbocycles. The second kappa shape index (κ2) is 4.75. The van der Waals surface area contributed by atoms with E-state index >= 15 is 0 Å². The first-order valence-corrected chi connectivity index (χ1v) is 6.70. The minimum Gasteiger partial charge on any atom is -0.391 e. The van der Waals surface area contributed by atoms with Crippen LogP contribution >= 0.6 is 0 Å². The number of pyridine rings is 1. The quantitative estimate of drug-likeness (QED) is 0.829. The van der Waals surface area contributed by atoms with Crippen LogP contribution in [0.5, 0.6) is 0 Å². The van der Waals surface area contributed by atoms with Gasteiger partial charge in [0.25, 0.3) is 0 Å². The number of rotatable bonds is 4. The Morgan fingerprint density at radius 1 is 1.41 bits per heavy atom. The summed E-state index contributed by atoms with van der Waals surface area (Å²) < 4.78 is 0. The number of hydrogen-bond acceptors (Lipinski definition) is 3. The summed E-state index contributed by atoms with van der Waals surface area (Å²) >= 11 is 0. The van der Waals surface area contributed by atoms with E-state index in [-0.39, 0.29) is 12.0 Å². The Bertz CT molecular complexity index is 390. The molecule has 3 heteroatoms. The van der Waals surface area contributed by atoms with Crippen LogP contribution in [0.25, 0.3) is 0 Å². The average Bonchev–Trinajstić information content (AvgIpc) is 3.19. The first-order valence-electron chi connectivity index (χ1n) is 6.70. The van der Waals surface area contributed by atoms with Crippen molar-refractivity contribution in [1.29, 1.82) is 0 Å². The van der Waals surface area contributed by atoms with Gasteiger partial charge in [-0.1, -0.05) is 6.07 Å². The summed E-state index contributed by atoms with van der Waals surface area (Å²) in [5.74, 6) is 0.228. The first-order chi connectivity index (χ1) is 8.34. The number of aliphatic hydroxyl groups excluding tert-OH is 1. The molecule has 1 fully saturated rings. The summed E-state index contributed by atoms with van der Waals surface area (Å²) in [6, 6.07) is 4.81. The van der Waals surface area contributed by atoms with Gasteiger partial charge in [-0.05, 0) is 43.7 Å². The maximum atomic E-state index is 10.3. The Kier molecular flexibility index (Phi) is 3.12. The van der Waals surface area contributed by atoms with Gasteiger partial charge in [0.1, 0.15) is 0 Å². The summed E-state index contributed by atoms with van der Waals surface area (Å²) in [5.41, 5.74) is 2.46. The van der Waals surface area contributed by atoms with Gasteiger partial charge < -0.3 is 10.4 Å². The van der Waals surface area contributed by atoms with Gasteiger partial charge in [0, 0.05) is 30.4 Å². The second-order valence-corrected chi connectivity index (χ2v) is 5.30. The minimum atomic E-state index is -0.287. The van der Waals surface area contributed by atoms with E-state index < -0.39 is 0 Å². The van der Waals surface area contributed by atoms with Gasteiger partial charge in [-0.3, -0.25) is 4.98 Å². The number of nitrogens with zero attached hydrogens (tertiary/aromatic N) is 1. The molecule has 1 saturated carbocycles. The van der Waals surface area contributed by atoms with Crippen LogP contribution in [0.15, 0.2) is 18.3 Å². The fourth-order valence-electron chi connectivity index (χ4n) is 2.74. The lowest BCUT2D eigenvalue weighted by Crippen LogP contribution is -2.34. The van der Waals surface area contributed by atoms with E-state index in [9.17, 15) is 5.11 Å². The van der Waals surface area contributed by atoms with Crippen molar-refractivity contribution in [2.24, 2.45) is 0 Å². The molecule has 92 valence electrons. The lowest BCUT2D eigenvalue weighted by Gasteiger charge is -2.28. The van der Waals surface area contributed by atoms with Gasteiger partial charge in [0.15, 0.2) is 0 Å². The molecule has 0 aliphatic heterocycles. The van der Waals surface area contributed by atoms with Crippen LogP contribution in [0.1, 0.15) is 42.9 Å². The zero-order chi connectivity index (χ0) is 11.7. The molecule has 0 radical (unpaired) electrons. The smallest absolute Gasteiger partial charge is 0.0748 e. The van der Waals surface area contributed by atoms with Gasteiger partial charge in [0.05, 0.1) is 6.10 Å². The summed E-state index contributed by atoms with van der Waals surface area (Å²) in [5, 5.41) is 13.7. The van der Waals surface area contributed by atoms with Gasteiger partial charge in [-0.25, -0.2) is 0 Å². The van der Waals surface area contributed by atoms with Gasteiger partial charge in [-0.15, -0.1) is 0 Å². The summed E-state index contributed by atoms with van der Waals surface area (Å²) in [7, 11) is 0. The van der Waals surface area contributed by atoms with Gasteiger partial charge in [-0.2, -0.15) is 0 Å². The van der Waals surface area contributed by atoms with E-state index in [4.69, 9.17) is 0 Å². The molecule has 2 atom stereocenters. The van der Waals surface area contributed by atoms with Gasteiger partial charge in [0.2, 0.25) is 0 Å². The summed E-state index contributed by atoms with van der Waals surface area (Å²) in [4.78, 5) is 4.48. The van der Waals surface area contributed by atoms with Crippen LogP contribution in [0.2, 0.25) is 0 Å². The number of aryl methyl sites for hydroxylation is 1. The van der Waals surface area contributed by atoms with E-state index in [0.717, 1.165) is 18.5 Å². The van der Waals surface area contributed by atoms with Crippen LogP contribution in [0.3, 0.4) is 0 Å². The highest BCUT2D eigenvalue weighted by atomic mass is 16.3. The molecule has 0 spiro atoms. The Morgan fingerprint density at radius 2 is 2.29 bits per heavy atom. The molecule has 0 bridgehead atoms. The fraction of sp³-hybridized carbons (Fsp3) is 0.643. The Balaban J connectivity index is 1.69. The molecular weight excluding hydrogens is 212 g/mol. The van der Waals surface area contributed by atoms with Crippen molar-refractivity contribution in [3.63, 3.8) is 0 Å². The molecule has 2 aliphatic carbocycles. The fourth-order valence-corrected chi connectivity index (χ4v) is 2.74. The molecule has 3 rings (SSSR count). The van der Waals surface area contributed by atoms with Crippen LogP contribution in [0, 0.1) is 0 Å². The maximum absolute atomic E-state index is 10.3. The van der Waals surface area contributed by atoms with Gasteiger partial charge >= 0.3 is 0 Å². The van der Waals surface area contributed by atoms with Crippen molar-refractivity contribution in [3.8, 4) is 0 Å². The topological polar surface area (TPSA) is 45.1 Å². The number of hydrogen-bond donors (Lipinski definition) is 2. The number of aliphatic hydroxyl groups is 1. The molecule has 2 aliphatic rings. The molecule has 1 aromatic rings. The molecule has 0 amide bonds. The molecular formula is C14H20N2O. The molecule has 0 saturated heterocycles. The summed E-state index contributed by atoms with van der Waals surface area (Å²) in [6.45, 7) is 0.714. The molecule has 1 aromatic heterocycles. The Morgan fingerprint density at radius 3 is 3.12 bits per heavy atom. The third kappa shape index (κ3) is 2.50. The predicted octanol–water partition coefficient (Wildman–Crippen LogP) is 1.61. The highest BCUT2D eigenvalue weighted by molar-refractivity contribution is 5.27. The highest BCUT2D eigenvalue weighted by Crippen LogP contribution is 2.32. The second-order valence-electron chi connectivity index (χ2n) is 5.30. The average molecular weight is 232 g/mol. The van der Waals surface area contributed by atoms with Crippen LogP contribution in [-0.4, -0.2) is 28.8 Å². The third-order valence-corrected chi connectivity index (χ3v) is 3.90. The zero-order valence-electron chi connectivity index (χ0n) is 10.1. The maximum Gasteiger partial charge on any atom is 0.0748 e. The number of nitrogens with one attached hydrogen (secondary N) is 1. The zero-order valence-corrected chi connectivity index (χ0v) is 10.1. The van der Waals surface area contributed by atoms with Crippen molar-refractivity contribution in [3.05, 3.63) is 29.6 Å². The standard InChI is InChI=1S/C14H20N2O/c17-13(9-16-11-6-7-11)12-5-1-3-10-4-2-8-15-14(10)12/h2,4,8,11-13,16-17H,1,3,5-7,9H2. The Labute approximate surface area is 102 Å². The molecule has 17 heavy (non-hydrogen) atoms. The molecule has 3 nitrogen and oxygen atoms in total. The number of fused-ring (bicyclic) bond motifs is 1. The molecule has 1 heterocycles. The number of aromatic nitrogens is 1. The highest BCUT2D eigenvalue weighted by Gasteiger charge is 2.29. The van der Waals surface area contributed by atoms with Crippen molar-refractivity contribution in [2.45, 2.75) is 50.2 Å². The van der Waals surface area contributed by atoms with E-state index in [1.54, 1.807) is 0 Å². The minimum absolute atomic E-state index is 0.228. The van der Waals surface area contributed by atoms with E-state index in [2.05, 4.69) is 16.4 Å².